The van der Waals surface area contributed by atoms with Crippen LogP contribution in [-0.4, -0.2) is 0 Å². The first-order valence-electron chi connectivity index (χ1n) is 15.2. The Kier molecular flexibility index (Phi) is 5.82. The van der Waals surface area contributed by atoms with Gasteiger partial charge in [0, 0.05) is 17.1 Å². The Morgan fingerprint density at radius 3 is 1.73 bits per heavy atom. The van der Waals surface area contributed by atoms with Crippen molar-refractivity contribution in [3.05, 3.63) is 164 Å². The maximum Gasteiger partial charge on any atom is 0.172 e. The molecule has 3 nitrogen and oxygen atoms in total. The molecule has 3 heteroatoms. The molecule has 0 N–H and O–H groups in total. The number of fused-ring (bicyclic) bond motifs is 3. The van der Waals surface area contributed by atoms with Gasteiger partial charge in [-0.1, -0.05) is 115 Å². The number of hydrogen-bond donors (Lipinski definition) is 0. The van der Waals surface area contributed by atoms with Crippen LogP contribution in [0.2, 0.25) is 0 Å². The second-order valence-electron chi connectivity index (χ2n) is 11.4. The lowest BCUT2D eigenvalue weighted by molar-refractivity contribution is 0.439. The molecule has 0 fully saturated rings. The average Bonchev–Trinajstić information content (AvgIpc) is 3.26. The fourth-order valence-electron chi connectivity index (χ4n) is 6.58. The summed E-state index contributed by atoms with van der Waals surface area (Å²) in [5, 5.41) is 6.90. The Bertz CT molecular complexity index is 2380. The first kappa shape index (κ1) is 25.4. The molecule has 9 rings (SSSR count). The van der Waals surface area contributed by atoms with E-state index in [0.29, 0.717) is 11.5 Å². The highest BCUT2D eigenvalue weighted by Crippen LogP contribution is 2.49. The minimum absolute atomic E-state index is 0.675. The molecule has 212 valence electrons. The molecule has 45 heavy (non-hydrogen) atoms. The van der Waals surface area contributed by atoms with E-state index in [2.05, 4.69) is 138 Å². The van der Waals surface area contributed by atoms with E-state index in [-0.39, 0.29) is 0 Å². The van der Waals surface area contributed by atoms with E-state index in [9.17, 15) is 0 Å². The zero-order valence-corrected chi connectivity index (χ0v) is 24.4. The summed E-state index contributed by atoms with van der Waals surface area (Å²) in [6, 6.07) is 57.3. The van der Waals surface area contributed by atoms with Gasteiger partial charge in [0.2, 0.25) is 0 Å². The van der Waals surface area contributed by atoms with Crippen LogP contribution in [-0.2, 0) is 0 Å². The van der Waals surface area contributed by atoms with Crippen LogP contribution < -0.4 is 14.4 Å². The summed E-state index contributed by atoms with van der Waals surface area (Å²) < 4.78 is 13.0. The maximum atomic E-state index is 6.59. The average molecular weight is 578 g/mol. The Morgan fingerprint density at radius 2 is 0.956 bits per heavy atom. The van der Waals surface area contributed by atoms with Crippen molar-refractivity contribution in [2.24, 2.45) is 0 Å². The van der Waals surface area contributed by atoms with Crippen molar-refractivity contribution in [1.82, 2.24) is 0 Å². The minimum atomic E-state index is 0.675. The summed E-state index contributed by atoms with van der Waals surface area (Å²) in [6.07, 6.45) is 0. The Balaban J connectivity index is 1.20. The second-order valence-corrected chi connectivity index (χ2v) is 11.4. The third-order valence-corrected chi connectivity index (χ3v) is 8.69. The number of nitrogens with zero attached hydrogens (tertiary/aromatic N) is 1. The Morgan fingerprint density at radius 1 is 0.378 bits per heavy atom. The van der Waals surface area contributed by atoms with Gasteiger partial charge in [0.25, 0.3) is 0 Å². The molecule has 0 bridgehead atoms. The number of hydrogen-bond acceptors (Lipinski definition) is 3. The second kappa shape index (κ2) is 10.3. The van der Waals surface area contributed by atoms with Gasteiger partial charge in [0.1, 0.15) is 11.5 Å². The highest BCUT2D eigenvalue weighted by Gasteiger charge is 2.22. The lowest BCUT2D eigenvalue weighted by atomic mass is 9.98. The van der Waals surface area contributed by atoms with Gasteiger partial charge < -0.3 is 14.4 Å². The zero-order valence-electron chi connectivity index (χ0n) is 24.4. The van der Waals surface area contributed by atoms with Crippen molar-refractivity contribution in [2.45, 2.75) is 0 Å². The molecule has 1 aliphatic heterocycles. The predicted octanol–water partition coefficient (Wildman–Crippen LogP) is 12.2. The number of anilines is 3. The van der Waals surface area contributed by atoms with Crippen molar-refractivity contribution < 1.29 is 9.47 Å². The van der Waals surface area contributed by atoms with Crippen LogP contribution in [0.25, 0.3) is 43.4 Å². The van der Waals surface area contributed by atoms with Crippen LogP contribution in [0.3, 0.4) is 0 Å². The van der Waals surface area contributed by atoms with Gasteiger partial charge in [-0.15, -0.1) is 0 Å². The summed E-state index contributed by atoms with van der Waals surface area (Å²) in [6.45, 7) is 0. The number of benzene rings is 8. The molecule has 0 atom stereocenters. The lowest BCUT2D eigenvalue weighted by Gasteiger charge is -2.27. The Hall–Kier alpha value is -6.06. The molecule has 0 radical (unpaired) electrons. The molecule has 8 aromatic carbocycles. The molecule has 0 aliphatic carbocycles. The molecule has 0 saturated heterocycles. The van der Waals surface area contributed by atoms with Crippen LogP contribution >= 0.6 is 0 Å². The summed E-state index contributed by atoms with van der Waals surface area (Å²) in [7, 11) is 0. The van der Waals surface area contributed by atoms with Crippen LogP contribution in [0.4, 0.5) is 17.1 Å². The third-order valence-electron chi connectivity index (χ3n) is 8.69. The molecule has 1 aliphatic rings. The smallest absolute Gasteiger partial charge is 0.172 e. The van der Waals surface area contributed by atoms with Gasteiger partial charge >= 0.3 is 0 Å². The van der Waals surface area contributed by atoms with Crippen molar-refractivity contribution in [3.8, 4) is 34.1 Å². The molecule has 0 unspecified atom stereocenters. The largest absolute Gasteiger partial charge is 0.453 e. The predicted molar refractivity (Wildman–Crippen MR) is 186 cm³/mol. The van der Waals surface area contributed by atoms with Gasteiger partial charge in [-0.3, -0.25) is 0 Å². The highest BCUT2D eigenvalue weighted by atomic mass is 16.5. The highest BCUT2D eigenvalue weighted by molar-refractivity contribution is 6.00. The zero-order chi connectivity index (χ0) is 29.7. The normalized spacial score (nSPS) is 11.9. The molecule has 0 saturated carbocycles. The van der Waals surface area contributed by atoms with Gasteiger partial charge in [-0.25, -0.2) is 0 Å². The molecule has 0 amide bonds. The van der Waals surface area contributed by atoms with E-state index in [4.69, 9.17) is 9.47 Å². The maximum absolute atomic E-state index is 6.59. The molecule has 0 aromatic heterocycles. The van der Waals surface area contributed by atoms with Gasteiger partial charge in [-0.05, 0) is 75.1 Å². The molecular weight excluding hydrogens is 550 g/mol. The minimum Gasteiger partial charge on any atom is -0.453 e. The van der Waals surface area contributed by atoms with Crippen LogP contribution in [0.1, 0.15) is 0 Å². The monoisotopic (exact) mass is 577 g/mol. The summed E-state index contributed by atoms with van der Waals surface area (Å²) in [5.74, 6) is 2.94. The summed E-state index contributed by atoms with van der Waals surface area (Å²) in [5.41, 5.74) is 5.52. The molecule has 1 heterocycles. The van der Waals surface area contributed by atoms with E-state index in [1.165, 1.54) is 32.7 Å². The molecule has 0 spiro atoms. The van der Waals surface area contributed by atoms with Crippen molar-refractivity contribution in [1.29, 1.82) is 0 Å². The lowest BCUT2D eigenvalue weighted by Crippen LogP contribution is -2.10. The van der Waals surface area contributed by atoms with Gasteiger partial charge in [-0.2, -0.15) is 0 Å². The van der Waals surface area contributed by atoms with Crippen molar-refractivity contribution in [3.63, 3.8) is 0 Å². The fourth-order valence-corrected chi connectivity index (χ4v) is 6.58. The summed E-state index contributed by atoms with van der Waals surface area (Å²) >= 11 is 0. The van der Waals surface area contributed by atoms with E-state index >= 15 is 0 Å². The fraction of sp³-hybridized carbons (Fsp3) is 0. The first-order chi connectivity index (χ1) is 22.3. The van der Waals surface area contributed by atoms with Crippen LogP contribution in [0, 0.1) is 0 Å². The van der Waals surface area contributed by atoms with Gasteiger partial charge in [0.05, 0.1) is 16.8 Å². The van der Waals surface area contributed by atoms with Crippen molar-refractivity contribution >= 4 is 49.4 Å². The van der Waals surface area contributed by atoms with E-state index in [1.807, 2.05) is 30.3 Å². The van der Waals surface area contributed by atoms with Gasteiger partial charge in [0.15, 0.2) is 11.5 Å². The molecular formula is C42H27NO2. The van der Waals surface area contributed by atoms with E-state index in [1.54, 1.807) is 0 Å². The first-order valence-corrected chi connectivity index (χ1v) is 15.2. The quantitative estimate of drug-likeness (QED) is 0.208. The van der Waals surface area contributed by atoms with E-state index < -0.39 is 0 Å². The summed E-state index contributed by atoms with van der Waals surface area (Å²) in [4.78, 5) is 2.30. The Labute approximate surface area is 261 Å². The molecule has 8 aromatic rings. The number of rotatable bonds is 4. The third kappa shape index (κ3) is 4.29. The van der Waals surface area contributed by atoms with Crippen LogP contribution in [0.15, 0.2) is 164 Å². The topological polar surface area (TPSA) is 21.7 Å². The standard InChI is InChI=1S/C42H27NO2/c1-3-15-34-28(9-1)11-5-17-35(34)30-21-23-32(24-22-30)43(37-18-6-12-29-10-2-4-16-36(29)37)33-25-26-38-41(27-33)45-40-20-8-14-31-13-7-19-39(44-38)42(31)40/h1-27H. The van der Waals surface area contributed by atoms with Crippen LogP contribution in [0.5, 0.6) is 23.0 Å². The van der Waals surface area contributed by atoms with Crippen molar-refractivity contribution in [2.75, 3.05) is 4.90 Å². The van der Waals surface area contributed by atoms with E-state index in [0.717, 1.165) is 39.3 Å². The SMILES string of the molecule is c1ccc2c(-c3ccc(N(c4ccc5c(c4)Oc4cccc6cccc(c46)O5)c4cccc5ccccc45)cc3)cccc2c1. The number of ether oxygens (including phenoxy) is 2.